The molecule has 34 heavy (non-hydrogen) atoms. The quantitative estimate of drug-likeness (QED) is 0.387. The first-order chi connectivity index (χ1) is 16.3. The molecule has 0 spiro atoms. The number of anilines is 1. The molecule has 1 aromatic heterocycles. The molecular formula is C26H20FN3O4. The highest BCUT2D eigenvalue weighted by atomic mass is 19.1. The van der Waals surface area contributed by atoms with Gasteiger partial charge in [-0.05, 0) is 54.4 Å². The first kappa shape index (κ1) is 22.6. The Balaban J connectivity index is 1.79. The molecule has 0 saturated carbocycles. The van der Waals surface area contributed by atoms with Crippen molar-refractivity contribution in [2.45, 2.75) is 13.5 Å². The van der Waals surface area contributed by atoms with Gasteiger partial charge in [0.1, 0.15) is 18.2 Å². The SMILES string of the molecule is Cc1ccc(C(=O)c2ccc(OCc3ccccc3)c(-c3cc(C(=O)O)nc(N)n3)c2)c(F)c1. The number of hydrogen-bond acceptors (Lipinski definition) is 6. The molecule has 0 unspecified atom stereocenters. The van der Waals surface area contributed by atoms with Crippen LogP contribution in [0.15, 0.2) is 72.8 Å². The van der Waals surface area contributed by atoms with E-state index in [-0.39, 0.29) is 35.1 Å². The summed E-state index contributed by atoms with van der Waals surface area (Å²) in [5, 5.41) is 9.37. The van der Waals surface area contributed by atoms with Crippen LogP contribution in [0.2, 0.25) is 0 Å². The fourth-order valence-corrected chi connectivity index (χ4v) is 3.41. The van der Waals surface area contributed by atoms with E-state index in [4.69, 9.17) is 10.5 Å². The summed E-state index contributed by atoms with van der Waals surface area (Å²) in [6, 6.07) is 19.6. The maximum Gasteiger partial charge on any atom is 0.354 e. The number of nitrogen functional groups attached to an aromatic ring is 1. The van der Waals surface area contributed by atoms with E-state index in [1.807, 2.05) is 30.3 Å². The van der Waals surface area contributed by atoms with Crippen molar-refractivity contribution >= 4 is 17.7 Å². The lowest BCUT2D eigenvalue weighted by atomic mass is 9.98. The Morgan fingerprint density at radius 1 is 1.00 bits per heavy atom. The number of carbonyl (C=O) groups is 2. The Kier molecular flexibility index (Phi) is 6.31. The Bertz CT molecular complexity index is 1390. The van der Waals surface area contributed by atoms with E-state index in [2.05, 4.69) is 9.97 Å². The van der Waals surface area contributed by atoms with Crippen molar-refractivity contribution in [3.05, 3.63) is 107 Å². The number of nitrogens with two attached hydrogens (primary N) is 1. The molecule has 4 aromatic rings. The molecule has 8 heteroatoms. The predicted molar refractivity (Wildman–Crippen MR) is 124 cm³/mol. The molecule has 7 nitrogen and oxygen atoms in total. The minimum atomic E-state index is -1.28. The van der Waals surface area contributed by atoms with E-state index in [1.54, 1.807) is 19.1 Å². The highest BCUT2D eigenvalue weighted by Crippen LogP contribution is 2.32. The van der Waals surface area contributed by atoms with Crippen molar-refractivity contribution < 1.29 is 23.8 Å². The number of aromatic carboxylic acids is 1. The van der Waals surface area contributed by atoms with Crippen molar-refractivity contribution in [1.82, 2.24) is 9.97 Å². The topological polar surface area (TPSA) is 115 Å². The van der Waals surface area contributed by atoms with E-state index in [1.165, 1.54) is 30.3 Å². The van der Waals surface area contributed by atoms with Crippen molar-refractivity contribution in [3.8, 4) is 17.0 Å². The van der Waals surface area contributed by atoms with Gasteiger partial charge in [0, 0.05) is 11.1 Å². The van der Waals surface area contributed by atoms with E-state index in [0.717, 1.165) is 5.56 Å². The van der Waals surface area contributed by atoms with Gasteiger partial charge in [0.05, 0.1) is 11.3 Å². The molecule has 0 saturated heterocycles. The van der Waals surface area contributed by atoms with Gasteiger partial charge in [-0.15, -0.1) is 0 Å². The number of rotatable bonds is 7. The van der Waals surface area contributed by atoms with Gasteiger partial charge in [-0.3, -0.25) is 4.79 Å². The first-order valence-electron chi connectivity index (χ1n) is 10.3. The van der Waals surface area contributed by atoms with Crippen LogP contribution in [0.1, 0.15) is 37.5 Å². The maximum atomic E-state index is 14.4. The van der Waals surface area contributed by atoms with E-state index < -0.39 is 17.6 Å². The molecule has 3 aromatic carbocycles. The molecule has 0 radical (unpaired) electrons. The van der Waals surface area contributed by atoms with Crippen LogP contribution < -0.4 is 10.5 Å². The lowest BCUT2D eigenvalue weighted by Crippen LogP contribution is -2.08. The zero-order valence-electron chi connectivity index (χ0n) is 18.2. The van der Waals surface area contributed by atoms with Crippen molar-refractivity contribution in [3.63, 3.8) is 0 Å². The van der Waals surface area contributed by atoms with Gasteiger partial charge >= 0.3 is 5.97 Å². The molecule has 1 heterocycles. The second-order valence-electron chi connectivity index (χ2n) is 7.60. The number of halogens is 1. The number of carbonyl (C=O) groups excluding carboxylic acids is 1. The summed E-state index contributed by atoms with van der Waals surface area (Å²) in [5.74, 6) is -2.34. The van der Waals surface area contributed by atoms with Crippen molar-refractivity contribution in [2.24, 2.45) is 0 Å². The zero-order chi connectivity index (χ0) is 24.2. The van der Waals surface area contributed by atoms with Crippen LogP contribution in [0.5, 0.6) is 5.75 Å². The second-order valence-corrected chi connectivity index (χ2v) is 7.60. The van der Waals surface area contributed by atoms with Crippen LogP contribution >= 0.6 is 0 Å². The molecule has 0 bridgehead atoms. The molecule has 0 amide bonds. The number of ether oxygens (including phenoxy) is 1. The molecule has 170 valence electrons. The summed E-state index contributed by atoms with van der Waals surface area (Å²) in [4.78, 5) is 32.4. The Labute approximate surface area is 194 Å². The highest BCUT2D eigenvalue weighted by Gasteiger charge is 2.19. The second kappa shape index (κ2) is 9.50. The Morgan fingerprint density at radius 3 is 2.47 bits per heavy atom. The summed E-state index contributed by atoms with van der Waals surface area (Å²) >= 11 is 0. The van der Waals surface area contributed by atoms with Crippen molar-refractivity contribution in [1.29, 1.82) is 0 Å². The lowest BCUT2D eigenvalue weighted by Gasteiger charge is -2.14. The zero-order valence-corrected chi connectivity index (χ0v) is 18.2. The van der Waals surface area contributed by atoms with Gasteiger partial charge in [-0.1, -0.05) is 36.4 Å². The number of aromatic nitrogens is 2. The average molecular weight is 457 g/mol. The smallest absolute Gasteiger partial charge is 0.354 e. The highest BCUT2D eigenvalue weighted by molar-refractivity contribution is 6.10. The minimum Gasteiger partial charge on any atom is -0.488 e. The van der Waals surface area contributed by atoms with E-state index in [9.17, 15) is 19.1 Å². The fourth-order valence-electron chi connectivity index (χ4n) is 3.41. The predicted octanol–water partition coefficient (Wildman–Crippen LogP) is 4.68. The third kappa shape index (κ3) is 4.91. The van der Waals surface area contributed by atoms with Crippen LogP contribution in [-0.4, -0.2) is 26.8 Å². The molecule has 4 rings (SSSR count). The molecule has 3 N–H and O–H groups in total. The standard InChI is InChI=1S/C26H20FN3O4/c1-15-7-9-18(20(27)11-15)24(31)17-8-10-23(34-14-16-5-3-2-4-6-16)19(12-17)21-13-22(25(32)33)30-26(28)29-21/h2-13H,14H2,1H3,(H,32,33)(H2,28,29,30). The van der Waals surface area contributed by atoms with Gasteiger partial charge in [0.15, 0.2) is 11.5 Å². The average Bonchev–Trinajstić information content (AvgIpc) is 2.82. The van der Waals surface area contributed by atoms with Gasteiger partial charge in [0.2, 0.25) is 5.95 Å². The number of nitrogens with zero attached hydrogens (tertiary/aromatic N) is 2. The number of hydrogen-bond donors (Lipinski definition) is 2. The summed E-state index contributed by atoms with van der Waals surface area (Å²) in [7, 11) is 0. The molecule has 0 aliphatic carbocycles. The fraction of sp³-hybridized carbons (Fsp3) is 0.0769. The molecule has 0 aliphatic rings. The normalized spacial score (nSPS) is 10.6. The molecular weight excluding hydrogens is 437 g/mol. The van der Waals surface area contributed by atoms with E-state index >= 15 is 0 Å². The van der Waals surface area contributed by atoms with Crippen LogP contribution in [0.25, 0.3) is 11.3 Å². The number of carboxylic acid groups (broad SMARTS) is 1. The Hall–Kier alpha value is -4.59. The Morgan fingerprint density at radius 2 is 1.76 bits per heavy atom. The van der Waals surface area contributed by atoms with Crippen LogP contribution in [-0.2, 0) is 6.61 Å². The summed E-state index contributed by atoms with van der Waals surface area (Å²) in [5.41, 5.74) is 7.60. The third-order valence-electron chi connectivity index (χ3n) is 5.09. The van der Waals surface area contributed by atoms with Gasteiger partial charge in [0.25, 0.3) is 0 Å². The summed E-state index contributed by atoms with van der Waals surface area (Å²) < 4.78 is 20.4. The van der Waals surface area contributed by atoms with Gasteiger partial charge in [-0.2, -0.15) is 0 Å². The maximum absolute atomic E-state index is 14.4. The largest absolute Gasteiger partial charge is 0.488 e. The number of benzene rings is 3. The number of carboxylic acids is 1. The molecule has 0 atom stereocenters. The van der Waals surface area contributed by atoms with Gasteiger partial charge < -0.3 is 15.6 Å². The molecule has 0 fully saturated rings. The van der Waals surface area contributed by atoms with Crippen molar-refractivity contribution in [2.75, 3.05) is 5.73 Å². The van der Waals surface area contributed by atoms with Crippen LogP contribution in [0.4, 0.5) is 10.3 Å². The van der Waals surface area contributed by atoms with E-state index in [0.29, 0.717) is 16.9 Å². The number of aryl methyl sites for hydroxylation is 1. The minimum absolute atomic E-state index is 0.0806. The van der Waals surface area contributed by atoms with Gasteiger partial charge in [-0.25, -0.2) is 19.2 Å². The summed E-state index contributed by atoms with van der Waals surface area (Å²) in [6.45, 7) is 1.95. The van der Waals surface area contributed by atoms with Crippen LogP contribution in [0.3, 0.4) is 0 Å². The molecule has 0 aliphatic heterocycles. The number of ketones is 1. The third-order valence-corrected chi connectivity index (χ3v) is 5.09. The summed E-state index contributed by atoms with van der Waals surface area (Å²) in [6.07, 6.45) is 0. The first-order valence-corrected chi connectivity index (χ1v) is 10.3. The van der Waals surface area contributed by atoms with Crippen LogP contribution in [0, 0.1) is 12.7 Å². The monoisotopic (exact) mass is 457 g/mol. The lowest BCUT2D eigenvalue weighted by molar-refractivity contribution is 0.0690.